The summed E-state index contributed by atoms with van der Waals surface area (Å²) in [5, 5.41) is 44.0. The van der Waals surface area contributed by atoms with Crippen molar-refractivity contribution in [1.29, 1.82) is 0 Å². The highest BCUT2D eigenvalue weighted by molar-refractivity contribution is 5.80. The van der Waals surface area contributed by atoms with Gasteiger partial charge in [-0.2, -0.15) is 0 Å². The fourth-order valence-corrected chi connectivity index (χ4v) is 9.05. The van der Waals surface area contributed by atoms with Gasteiger partial charge in [0.1, 0.15) is 12.2 Å². The molecule has 6 heteroatoms. The quantitative estimate of drug-likeness (QED) is 0.0309. The Labute approximate surface area is 387 Å². The summed E-state index contributed by atoms with van der Waals surface area (Å²) >= 11 is 0. The van der Waals surface area contributed by atoms with Gasteiger partial charge in [-0.05, 0) is 38.5 Å². The third-order valence-electron chi connectivity index (χ3n) is 13.5. The molecule has 0 saturated heterocycles. The molecule has 4 unspecified atom stereocenters. The lowest BCUT2D eigenvalue weighted by molar-refractivity contribution is -0.132. The van der Waals surface area contributed by atoms with Crippen molar-refractivity contribution in [3.8, 4) is 0 Å². The fourth-order valence-electron chi connectivity index (χ4n) is 9.05. The highest BCUT2D eigenvalue weighted by atomic mass is 16.3. The van der Waals surface area contributed by atoms with E-state index in [2.05, 4.69) is 31.3 Å². The molecule has 62 heavy (non-hydrogen) atoms. The summed E-state index contributed by atoms with van der Waals surface area (Å²) < 4.78 is 0. The average Bonchev–Trinajstić information content (AvgIpc) is 3.28. The van der Waals surface area contributed by atoms with E-state index in [1.165, 1.54) is 238 Å². The Hall–Kier alpha value is -0.950. The Morgan fingerprint density at radius 2 is 0.645 bits per heavy atom. The Morgan fingerprint density at radius 1 is 0.387 bits per heavy atom. The van der Waals surface area contributed by atoms with E-state index in [-0.39, 0.29) is 0 Å². The first-order valence-corrected chi connectivity index (χ1v) is 28.1. The average molecular weight is 879 g/mol. The predicted octanol–water partition coefficient (Wildman–Crippen LogP) is 16.1. The molecule has 0 radical (unpaired) electrons. The van der Waals surface area contributed by atoms with Gasteiger partial charge in [-0.1, -0.05) is 283 Å². The van der Waals surface area contributed by atoms with Gasteiger partial charge in [0.25, 0.3) is 0 Å². The molecule has 0 fully saturated rings. The van der Waals surface area contributed by atoms with Gasteiger partial charge in [-0.25, -0.2) is 0 Å². The van der Waals surface area contributed by atoms with E-state index in [4.69, 9.17) is 0 Å². The molecule has 0 bridgehead atoms. The second-order valence-corrected chi connectivity index (χ2v) is 19.6. The topological polar surface area (TPSA) is 110 Å². The van der Waals surface area contributed by atoms with Crippen LogP contribution in [0.3, 0.4) is 0 Å². The zero-order valence-corrected chi connectivity index (χ0v) is 41.9. The Balaban J connectivity index is 3.59. The van der Waals surface area contributed by atoms with Gasteiger partial charge in [0.2, 0.25) is 5.91 Å². The minimum absolute atomic E-state index is 0.365. The van der Waals surface area contributed by atoms with Gasteiger partial charge < -0.3 is 25.7 Å². The molecule has 0 rings (SSSR count). The van der Waals surface area contributed by atoms with Crippen molar-refractivity contribution in [3.63, 3.8) is 0 Å². The van der Waals surface area contributed by atoms with Crippen LogP contribution >= 0.6 is 0 Å². The molecule has 370 valence electrons. The molecule has 0 spiro atoms. The van der Waals surface area contributed by atoms with Gasteiger partial charge >= 0.3 is 0 Å². The van der Waals surface area contributed by atoms with Crippen molar-refractivity contribution >= 4 is 5.91 Å². The van der Waals surface area contributed by atoms with E-state index in [9.17, 15) is 25.2 Å². The molecule has 0 aromatic rings. The number of aliphatic hydroxyl groups is 4. The predicted molar refractivity (Wildman–Crippen MR) is 270 cm³/mol. The summed E-state index contributed by atoms with van der Waals surface area (Å²) in [7, 11) is 0. The lowest BCUT2D eigenvalue weighted by Gasteiger charge is -2.27. The minimum Gasteiger partial charge on any atom is -0.394 e. The molecule has 0 aliphatic rings. The monoisotopic (exact) mass is 878 g/mol. The normalized spacial score (nSPS) is 13.8. The first kappa shape index (κ1) is 61.0. The lowest BCUT2D eigenvalue weighted by Crippen LogP contribution is -2.53. The van der Waals surface area contributed by atoms with Gasteiger partial charge in [0.15, 0.2) is 0 Å². The van der Waals surface area contributed by atoms with E-state index < -0.39 is 36.9 Å². The summed E-state index contributed by atoms with van der Waals surface area (Å²) in [4.78, 5) is 12.6. The highest BCUT2D eigenvalue weighted by Crippen LogP contribution is 2.18. The van der Waals surface area contributed by atoms with Crippen LogP contribution in [0.25, 0.3) is 0 Å². The number of rotatable bonds is 52. The third kappa shape index (κ3) is 44.3. The maximum atomic E-state index is 12.6. The summed E-state index contributed by atoms with van der Waals surface area (Å²) in [5.74, 6) is -0.584. The van der Waals surface area contributed by atoms with Crippen molar-refractivity contribution in [2.24, 2.45) is 0 Å². The standard InChI is InChI=1S/C56H111NO5/c1-3-5-7-9-11-13-15-17-19-21-23-24-25-26-27-28-29-30-31-32-34-35-37-39-41-43-45-47-49-53(59)55(61)52(51-58)57-56(62)54(60)50-48-46-44-42-40-38-36-33-22-20-18-16-14-12-10-8-6-4-2/h22,33,52-55,58-61H,3-21,23-32,34-51H2,1-2H3,(H,57,62)/b33-22-. The molecule has 0 saturated carbocycles. The molecule has 0 aromatic heterocycles. The maximum absolute atomic E-state index is 12.6. The minimum atomic E-state index is -1.26. The third-order valence-corrected chi connectivity index (χ3v) is 13.5. The van der Waals surface area contributed by atoms with E-state index >= 15 is 0 Å². The van der Waals surface area contributed by atoms with E-state index in [1.807, 2.05) is 0 Å². The number of allylic oxidation sites excluding steroid dienone is 2. The van der Waals surface area contributed by atoms with Crippen LogP contribution in [-0.2, 0) is 4.79 Å². The van der Waals surface area contributed by atoms with E-state index in [1.54, 1.807) is 0 Å². The van der Waals surface area contributed by atoms with Crippen LogP contribution in [0.15, 0.2) is 12.2 Å². The second kappa shape index (κ2) is 51.0. The van der Waals surface area contributed by atoms with Crippen molar-refractivity contribution in [1.82, 2.24) is 5.32 Å². The van der Waals surface area contributed by atoms with Gasteiger partial charge in [0.05, 0.1) is 18.8 Å². The van der Waals surface area contributed by atoms with Crippen molar-refractivity contribution in [2.75, 3.05) is 6.61 Å². The number of amides is 1. The molecular formula is C56H111NO5. The first-order chi connectivity index (χ1) is 30.5. The van der Waals surface area contributed by atoms with Gasteiger partial charge in [0, 0.05) is 0 Å². The summed E-state index contributed by atoms with van der Waals surface area (Å²) in [6, 6.07) is -0.986. The molecule has 4 atom stereocenters. The van der Waals surface area contributed by atoms with E-state index in [0.717, 1.165) is 44.9 Å². The molecule has 1 amide bonds. The van der Waals surface area contributed by atoms with Crippen molar-refractivity contribution in [3.05, 3.63) is 12.2 Å². The second-order valence-electron chi connectivity index (χ2n) is 19.6. The van der Waals surface area contributed by atoms with Crippen molar-refractivity contribution in [2.45, 2.75) is 334 Å². The maximum Gasteiger partial charge on any atom is 0.249 e. The number of aliphatic hydroxyl groups excluding tert-OH is 4. The molecule has 0 aromatic carbocycles. The molecule has 6 nitrogen and oxygen atoms in total. The number of hydrogen-bond donors (Lipinski definition) is 5. The SMILES string of the molecule is CCCCCCCCCC/C=C\CCCCCCCCC(O)C(=O)NC(CO)C(O)C(O)CCCCCCCCCCCCCCCCCCCCCCCCCCCCCC. The number of nitrogens with one attached hydrogen (secondary N) is 1. The molecule has 5 N–H and O–H groups in total. The van der Waals surface area contributed by atoms with Crippen LogP contribution in [-0.4, -0.2) is 57.3 Å². The zero-order valence-electron chi connectivity index (χ0n) is 41.9. The Morgan fingerprint density at radius 3 is 0.935 bits per heavy atom. The summed E-state index contributed by atoms with van der Waals surface area (Å²) in [6.45, 7) is 4.08. The van der Waals surface area contributed by atoms with Crippen molar-refractivity contribution < 1.29 is 25.2 Å². The van der Waals surface area contributed by atoms with Crippen LogP contribution in [0.5, 0.6) is 0 Å². The van der Waals surface area contributed by atoms with E-state index in [0.29, 0.717) is 12.8 Å². The van der Waals surface area contributed by atoms with Gasteiger partial charge in [-0.15, -0.1) is 0 Å². The number of carbonyl (C=O) groups is 1. The van der Waals surface area contributed by atoms with Crippen LogP contribution < -0.4 is 5.32 Å². The van der Waals surface area contributed by atoms with Crippen LogP contribution in [0, 0.1) is 0 Å². The number of unbranched alkanes of at least 4 members (excludes halogenated alkanes) is 41. The summed E-state index contributed by atoms with van der Waals surface area (Å²) in [6.07, 6.45) is 59.9. The molecule has 0 aliphatic carbocycles. The number of carbonyl (C=O) groups excluding carboxylic acids is 1. The van der Waals surface area contributed by atoms with Gasteiger partial charge in [-0.3, -0.25) is 4.79 Å². The fraction of sp³-hybridized carbons (Fsp3) is 0.946. The van der Waals surface area contributed by atoms with Crippen LogP contribution in [0.4, 0.5) is 0 Å². The summed E-state index contributed by atoms with van der Waals surface area (Å²) in [5.41, 5.74) is 0. The largest absolute Gasteiger partial charge is 0.394 e. The highest BCUT2D eigenvalue weighted by Gasteiger charge is 2.28. The van der Waals surface area contributed by atoms with Crippen LogP contribution in [0.1, 0.15) is 309 Å². The molecule has 0 aliphatic heterocycles. The first-order valence-electron chi connectivity index (χ1n) is 28.1. The Kier molecular flexibility index (Phi) is 50.3. The number of hydrogen-bond acceptors (Lipinski definition) is 5. The molecule has 0 heterocycles. The smallest absolute Gasteiger partial charge is 0.249 e. The zero-order chi connectivity index (χ0) is 45.2. The lowest BCUT2D eigenvalue weighted by atomic mass is 9.99. The Bertz CT molecular complexity index is 898. The van der Waals surface area contributed by atoms with Crippen LogP contribution in [0.2, 0.25) is 0 Å². The molecular weight excluding hydrogens is 767 g/mol.